The van der Waals surface area contributed by atoms with Crippen LogP contribution in [0, 0.1) is 11.7 Å². The van der Waals surface area contributed by atoms with Crippen LogP contribution in [-0.2, 0) is 11.3 Å². The fraction of sp³-hybridized carbons (Fsp3) is 0.278. The minimum atomic E-state index is -0.745. The Morgan fingerprint density at radius 2 is 1.82 bits per heavy atom. The molecule has 0 aliphatic carbocycles. The molecule has 0 aromatic heterocycles. The minimum Gasteiger partial charge on any atom is -0.388 e. The Labute approximate surface area is 129 Å². The minimum absolute atomic E-state index is 0.0509. The standard InChI is InChI=1S/C18H18FNO2/c19-16-8-6-14(7-9-16)18(22)15-10-17(21)20(12-15)11-13-4-2-1-3-5-13/h1-9,15,18,22H,10-12H2. The number of likely N-dealkylation sites (tertiary alicyclic amines) is 1. The topological polar surface area (TPSA) is 40.5 Å². The second kappa shape index (κ2) is 6.28. The fourth-order valence-corrected chi connectivity index (χ4v) is 2.90. The lowest BCUT2D eigenvalue weighted by atomic mass is 9.95. The zero-order valence-electron chi connectivity index (χ0n) is 12.2. The summed E-state index contributed by atoms with van der Waals surface area (Å²) in [5, 5.41) is 10.4. The summed E-state index contributed by atoms with van der Waals surface area (Å²) in [4.78, 5) is 13.9. The van der Waals surface area contributed by atoms with Crippen molar-refractivity contribution in [1.29, 1.82) is 0 Å². The number of hydrogen-bond acceptors (Lipinski definition) is 2. The van der Waals surface area contributed by atoms with Gasteiger partial charge in [-0.2, -0.15) is 0 Å². The van der Waals surface area contributed by atoms with Gasteiger partial charge in [0.05, 0.1) is 6.10 Å². The monoisotopic (exact) mass is 299 g/mol. The highest BCUT2D eigenvalue weighted by Crippen LogP contribution is 2.31. The molecule has 4 heteroatoms. The Balaban J connectivity index is 1.67. The molecule has 3 nitrogen and oxygen atoms in total. The Kier molecular flexibility index (Phi) is 4.20. The number of carbonyl (C=O) groups is 1. The summed E-state index contributed by atoms with van der Waals surface area (Å²) in [6.45, 7) is 1.08. The largest absolute Gasteiger partial charge is 0.388 e. The molecule has 1 N–H and O–H groups in total. The smallest absolute Gasteiger partial charge is 0.223 e. The van der Waals surface area contributed by atoms with Crippen LogP contribution in [0.2, 0.25) is 0 Å². The first kappa shape index (κ1) is 14.7. The Morgan fingerprint density at radius 3 is 2.50 bits per heavy atom. The summed E-state index contributed by atoms with van der Waals surface area (Å²) in [5.41, 5.74) is 1.73. The number of halogens is 1. The first-order valence-electron chi connectivity index (χ1n) is 7.39. The third-order valence-electron chi connectivity index (χ3n) is 4.12. The van der Waals surface area contributed by atoms with Crippen molar-refractivity contribution >= 4 is 5.91 Å². The van der Waals surface area contributed by atoms with E-state index < -0.39 is 6.10 Å². The van der Waals surface area contributed by atoms with Crippen LogP contribution in [0.5, 0.6) is 0 Å². The second-order valence-electron chi connectivity index (χ2n) is 5.72. The van der Waals surface area contributed by atoms with Gasteiger partial charge < -0.3 is 10.0 Å². The lowest BCUT2D eigenvalue weighted by Crippen LogP contribution is -2.25. The third-order valence-corrected chi connectivity index (χ3v) is 4.12. The molecule has 0 spiro atoms. The van der Waals surface area contributed by atoms with Crippen molar-refractivity contribution in [3.63, 3.8) is 0 Å². The highest BCUT2D eigenvalue weighted by molar-refractivity contribution is 5.78. The molecule has 22 heavy (non-hydrogen) atoms. The molecule has 1 heterocycles. The maximum atomic E-state index is 12.9. The zero-order valence-corrected chi connectivity index (χ0v) is 12.2. The molecule has 1 fully saturated rings. The van der Waals surface area contributed by atoms with Gasteiger partial charge in [-0.3, -0.25) is 4.79 Å². The SMILES string of the molecule is O=C1CC(C(O)c2ccc(F)cc2)CN1Cc1ccccc1. The van der Waals surface area contributed by atoms with Crippen molar-refractivity contribution in [1.82, 2.24) is 4.90 Å². The first-order chi connectivity index (χ1) is 10.6. The Bertz CT molecular complexity index is 642. The molecular weight excluding hydrogens is 281 g/mol. The number of hydrogen-bond donors (Lipinski definition) is 1. The summed E-state index contributed by atoms with van der Waals surface area (Å²) in [6, 6.07) is 15.6. The number of amides is 1. The molecule has 0 saturated carbocycles. The first-order valence-corrected chi connectivity index (χ1v) is 7.39. The van der Waals surface area contributed by atoms with Crippen LogP contribution in [-0.4, -0.2) is 22.5 Å². The molecule has 0 radical (unpaired) electrons. The van der Waals surface area contributed by atoms with Crippen molar-refractivity contribution in [3.8, 4) is 0 Å². The van der Waals surface area contributed by atoms with Crippen LogP contribution in [0.15, 0.2) is 54.6 Å². The molecule has 1 saturated heterocycles. The van der Waals surface area contributed by atoms with Gasteiger partial charge in [0.2, 0.25) is 5.91 Å². The van der Waals surface area contributed by atoms with Crippen LogP contribution < -0.4 is 0 Å². The predicted molar refractivity (Wildman–Crippen MR) is 81.3 cm³/mol. The Morgan fingerprint density at radius 1 is 1.14 bits per heavy atom. The predicted octanol–water partition coefficient (Wildman–Crippen LogP) is 2.91. The molecule has 1 amide bonds. The molecule has 2 aromatic rings. The van der Waals surface area contributed by atoms with Gasteiger partial charge in [0.15, 0.2) is 0 Å². The van der Waals surface area contributed by atoms with Crippen molar-refractivity contribution < 1.29 is 14.3 Å². The van der Waals surface area contributed by atoms with Gasteiger partial charge in [0, 0.05) is 25.4 Å². The van der Waals surface area contributed by atoms with Gasteiger partial charge in [0.25, 0.3) is 0 Å². The Hall–Kier alpha value is -2.20. The summed E-state index contributed by atoms with van der Waals surface area (Å²) < 4.78 is 12.9. The van der Waals surface area contributed by atoms with Crippen molar-refractivity contribution in [2.45, 2.75) is 19.1 Å². The highest BCUT2D eigenvalue weighted by Gasteiger charge is 2.34. The summed E-state index contributed by atoms with van der Waals surface area (Å²) in [5.74, 6) is -0.430. The molecule has 0 bridgehead atoms. The fourth-order valence-electron chi connectivity index (χ4n) is 2.90. The maximum absolute atomic E-state index is 12.9. The molecule has 3 rings (SSSR count). The van der Waals surface area contributed by atoms with Gasteiger partial charge in [-0.05, 0) is 23.3 Å². The zero-order chi connectivity index (χ0) is 15.5. The van der Waals surface area contributed by atoms with Crippen molar-refractivity contribution in [3.05, 3.63) is 71.5 Å². The van der Waals surface area contributed by atoms with E-state index in [1.165, 1.54) is 12.1 Å². The summed E-state index contributed by atoms with van der Waals surface area (Å²) in [7, 11) is 0. The molecule has 2 aromatic carbocycles. The van der Waals surface area contributed by atoms with E-state index >= 15 is 0 Å². The molecule has 1 aliphatic heterocycles. The number of benzene rings is 2. The van der Waals surface area contributed by atoms with Gasteiger partial charge in [-0.25, -0.2) is 4.39 Å². The normalized spacial score (nSPS) is 19.5. The number of aliphatic hydroxyl groups is 1. The molecule has 2 unspecified atom stereocenters. The summed E-state index contributed by atoms with van der Waals surface area (Å²) in [6.07, 6.45) is -0.420. The highest BCUT2D eigenvalue weighted by atomic mass is 19.1. The average molecular weight is 299 g/mol. The number of aliphatic hydroxyl groups excluding tert-OH is 1. The lowest BCUT2D eigenvalue weighted by molar-refractivity contribution is -0.128. The van der Waals surface area contributed by atoms with Crippen LogP contribution >= 0.6 is 0 Å². The number of nitrogens with zero attached hydrogens (tertiary/aromatic N) is 1. The molecule has 1 aliphatic rings. The second-order valence-corrected chi connectivity index (χ2v) is 5.72. The van der Waals surface area contributed by atoms with E-state index in [1.54, 1.807) is 17.0 Å². The number of rotatable bonds is 4. The van der Waals surface area contributed by atoms with E-state index in [2.05, 4.69) is 0 Å². The van der Waals surface area contributed by atoms with E-state index in [-0.39, 0.29) is 17.6 Å². The lowest BCUT2D eigenvalue weighted by Gasteiger charge is -2.20. The van der Waals surface area contributed by atoms with Gasteiger partial charge in [-0.15, -0.1) is 0 Å². The van der Waals surface area contributed by atoms with Crippen molar-refractivity contribution in [2.24, 2.45) is 5.92 Å². The van der Waals surface area contributed by atoms with Crippen LogP contribution in [0.4, 0.5) is 4.39 Å². The van der Waals surface area contributed by atoms with E-state index in [4.69, 9.17) is 0 Å². The van der Waals surface area contributed by atoms with Gasteiger partial charge in [0.1, 0.15) is 5.82 Å². The summed E-state index contributed by atoms with van der Waals surface area (Å²) >= 11 is 0. The van der Waals surface area contributed by atoms with E-state index in [0.717, 1.165) is 5.56 Å². The maximum Gasteiger partial charge on any atom is 0.223 e. The molecular formula is C18H18FNO2. The van der Waals surface area contributed by atoms with Crippen LogP contribution in [0.25, 0.3) is 0 Å². The van der Waals surface area contributed by atoms with E-state index in [0.29, 0.717) is 25.1 Å². The van der Waals surface area contributed by atoms with Crippen molar-refractivity contribution in [2.75, 3.05) is 6.54 Å². The van der Waals surface area contributed by atoms with Gasteiger partial charge >= 0.3 is 0 Å². The molecule has 2 atom stereocenters. The van der Waals surface area contributed by atoms with E-state index in [9.17, 15) is 14.3 Å². The van der Waals surface area contributed by atoms with Gasteiger partial charge in [-0.1, -0.05) is 42.5 Å². The van der Waals surface area contributed by atoms with E-state index in [1.807, 2.05) is 30.3 Å². The molecule has 114 valence electrons. The van der Waals surface area contributed by atoms with Crippen LogP contribution in [0.1, 0.15) is 23.7 Å². The number of carbonyl (C=O) groups excluding carboxylic acids is 1. The quantitative estimate of drug-likeness (QED) is 0.943. The average Bonchev–Trinajstić information content (AvgIpc) is 2.89. The third kappa shape index (κ3) is 3.17. The van der Waals surface area contributed by atoms with Crippen LogP contribution in [0.3, 0.4) is 0 Å².